The molecule has 0 bridgehead atoms. The molecule has 1 amide bonds. The molecule has 4 rings (SSSR count). The summed E-state index contributed by atoms with van der Waals surface area (Å²) in [6.45, 7) is 8.78. The van der Waals surface area contributed by atoms with Gasteiger partial charge in [0, 0.05) is 23.2 Å². The van der Waals surface area contributed by atoms with Crippen LogP contribution in [0.4, 0.5) is 5.69 Å². The average Bonchev–Trinajstić information content (AvgIpc) is 3.21. The van der Waals surface area contributed by atoms with E-state index in [0.717, 1.165) is 27.8 Å². The Hall–Kier alpha value is -3.38. The second kappa shape index (κ2) is 9.83. The Morgan fingerprint density at radius 1 is 1.06 bits per heavy atom. The van der Waals surface area contributed by atoms with Crippen molar-refractivity contribution in [3.63, 3.8) is 0 Å². The van der Waals surface area contributed by atoms with E-state index in [-0.39, 0.29) is 11.7 Å². The number of benzene rings is 3. The molecule has 0 spiro atoms. The van der Waals surface area contributed by atoms with Crippen LogP contribution in [0.1, 0.15) is 25.3 Å². The van der Waals surface area contributed by atoms with Gasteiger partial charge in [0.25, 0.3) is 0 Å². The van der Waals surface area contributed by atoms with Gasteiger partial charge in [-0.3, -0.25) is 9.36 Å². The first-order valence-electron chi connectivity index (χ1n) is 10.6. The minimum Gasteiger partial charge on any atom is -0.325 e. The Balaban J connectivity index is 1.49. The lowest BCUT2D eigenvalue weighted by Crippen LogP contribution is -2.15. The molecule has 0 saturated carbocycles. The number of nitrogens with one attached hydrogen (secondary N) is 1. The first-order valence-corrected chi connectivity index (χ1v) is 11.6. The Labute approximate surface area is 192 Å². The van der Waals surface area contributed by atoms with Crippen LogP contribution in [-0.2, 0) is 11.3 Å². The number of thioether (sulfide) groups is 1. The Kier molecular flexibility index (Phi) is 6.71. The van der Waals surface area contributed by atoms with Crippen LogP contribution in [0.15, 0.2) is 84.5 Å². The summed E-state index contributed by atoms with van der Waals surface area (Å²) in [6.07, 6.45) is 1.82. The van der Waals surface area contributed by atoms with E-state index < -0.39 is 0 Å². The maximum absolute atomic E-state index is 12.7. The maximum atomic E-state index is 12.7. The number of allylic oxidation sites excluding steroid dienone is 1. The van der Waals surface area contributed by atoms with Crippen LogP contribution >= 0.6 is 11.8 Å². The van der Waals surface area contributed by atoms with E-state index >= 15 is 0 Å². The van der Waals surface area contributed by atoms with Gasteiger partial charge in [0.2, 0.25) is 5.91 Å². The minimum absolute atomic E-state index is 0.0812. The molecule has 32 heavy (non-hydrogen) atoms. The van der Waals surface area contributed by atoms with Crippen molar-refractivity contribution in [3.05, 3.63) is 84.9 Å². The third kappa shape index (κ3) is 4.75. The van der Waals surface area contributed by atoms with Crippen LogP contribution in [-0.4, -0.2) is 26.4 Å². The van der Waals surface area contributed by atoms with Gasteiger partial charge in [-0.2, -0.15) is 0 Å². The quantitative estimate of drug-likeness (QED) is 0.263. The fourth-order valence-corrected chi connectivity index (χ4v) is 4.32. The molecule has 0 atom stereocenters. The lowest BCUT2D eigenvalue weighted by atomic mass is 10.0. The van der Waals surface area contributed by atoms with Gasteiger partial charge < -0.3 is 5.32 Å². The number of carbonyl (C=O) groups is 1. The molecule has 1 heterocycles. The molecule has 0 aliphatic heterocycles. The molecule has 4 aromatic rings. The zero-order chi connectivity index (χ0) is 22.5. The van der Waals surface area contributed by atoms with Crippen LogP contribution < -0.4 is 5.32 Å². The summed E-state index contributed by atoms with van der Waals surface area (Å²) < 4.78 is 1.99. The molecule has 0 radical (unpaired) electrons. The second-order valence-electron chi connectivity index (χ2n) is 7.85. The van der Waals surface area contributed by atoms with Gasteiger partial charge in [0.15, 0.2) is 11.0 Å². The highest BCUT2D eigenvalue weighted by Crippen LogP contribution is 2.27. The van der Waals surface area contributed by atoms with Crippen LogP contribution in [0.25, 0.3) is 22.2 Å². The predicted molar refractivity (Wildman–Crippen MR) is 133 cm³/mol. The van der Waals surface area contributed by atoms with E-state index in [9.17, 15) is 4.79 Å². The van der Waals surface area contributed by atoms with E-state index in [1.165, 1.54) is 17.3 Å². The largest absolute Gasteiger partial charge is 0.325 e. The number of hydrogen-bond acceptors (Lipinski definition) is 4. The van der Waals surface area contributed by atoms with Crippen molar-refractivity contribution in [1.82, 2.24) is 14.8 Å². The number of rotatable bonds is 8. The summed E-state index contributed by atoms with van der Waals surface area (Å²) in [7, 11) is 0. The van der Waals surface area contributed by atoms with Crippen LogP contribution in [0.2, 0.25) is 0 Å². The zero-order valence-corrected chi connectivity index (χ0v) is 19.1. The summed E-state index contributed by atoms with van der Waals surface area (Å²) in [5.41, 5.74) is 3.09. The summed E-state index contributed by atoms with van der Waals surface area (Å²) >= 11 is 1.37. The van der Waals surface area contributed by atoms with Gasteiger partial charge in [-0.15, -0.1) is 16.8 Å². The molecule has 0 aliphatic carbocycles. The van der Waals surface area contributed by atoms with Gasteiger partial charge in [0.05, 0.1) is 5.75 Å². The van der Waals surface area contributed by atoms with Gasteiger partial charge in [0.1, 0.15) is 0 Å². The van der Waals surface area contributed by atoms with E-state index in [1.807, 2.05) is 53.1 Å². The molecular formula is C26H26N4OS. The van der Waals surface area contributed by atoms with Gasteiger partial charge in [-0.05, 0) is 22.9 Å². The molecule has 5 nitrogen and oxygen atoms in total. The van der Waals surface area contributed by atoms with Crippen LogP contribution in [0.5, 0.6) is 0 Å². The molecule has 0 aliphatic rings. The molecule has 162 valence electrons. The number of fused-ring (bicyclic) bond motifs is 1. The molecule has 1 aromatic heterocycles. The molecule has 1 N–H and O–H groups in total. The molecule has 0 saturated heterocycles. The number of amides is 1. The number of hydrogen-bond donors (Lipinski definition) is 1. The second-order valence-corrected chi connectivity index (χ2v) is 8.79. The first kappa shape index (κ1) is 21.8. The minimum atomic E-state index is -0.0812. The lowest BCUT2D eigenvalue weighted by molar-refractivity contribution is -0.113. The van der Waals surface area contributed by atoms with Gasteiger partial charge >= 0.3 is 0 Å². The average molecular weight is 443 g/mol. The first-order chi connectivity index (χ1) is 15.6. The smallest absolute Gasteiger partial charge is 0.234 e. The Bertz CT molecular complexity index is 1240. The van der Waals surface area contributed by atoms with Crippen LogP contribution in [0.3, 0.4) is 0 Å². The fourth-order valence-electron chi connectivity index (χ4n) is 3.57. The summed E-state index contributed by atoms with van der Waals surface area (Å²) in [5.74, 6) is 1.41. The monoisotopic (exact) mass is 442 g/mol. The SMILES string of the molecule is C=CCn1c(SCC(=O)Nc2cccc3ccccc23)nnc1-c1ccc(C(C)C)cc1. The maximum Gasteiger partial charge on any atom is 0.234 e. The summed E-state index contributed by atoms with van der Waals surface area (Å²) in [4.78, 5) is 12.7. The number of aromatic nitrogens is 3. The summed E-state index contributed by atoms with van der Waals surface area (Å²) in [6, 6.07) is 22.3. The highest BCUT2D eigenvalue weighted by Gasteiger charge is 2.15. The van der Waals surface area contributed by atoms with E-state index in [1.54, 1.807) is 0 Å². The summed E-state index contributed by atoms with van der Waals surface area (Å²) in [5, 5.41) is 14.6. The molecule has 0 unspecified atom stereocenters. The fraction of sp³-hybridized carbons (Fsp3) is 0.192. The van der Waals surface area contributed by atoms with Crippen molar-refractivity contribution in [2.45, 2.75) is 31.5 Å². The van der Waals surface area contributed by atoms with Crippen molar-refractivity contribution < 1.29 is 4.79 Å². The predicted octanol–water partition coefficient (Wildman–Crippen LogP) is 6.14. The van der Waals surface area contributed by atoms with Gasteiger partial charge in [-0.1, -0.05) is 92.3 Å². The van der Waals surface area contributed by atoms with Crippen molar-refractivity contribution in [3.8, 4) is 11.4 Å². The third-order valence-corrected chi connectivity index (χ3v) is 6.23. The lowest BCUT2D eigenvalue weighted by Gasteiger charge is -2.10. The van der Waals surface area contributed by atoms with Crippen molar-refractivity contribution in [2.75, 3.05) is 11.1 Å². The van der Waals surface area contributed by atoms with E-state index in [4.69, 9.17) is 0 Å². The topological polar surface area (TPSA) is 59.8 Å². The van der Waals surface area contributed by atoms with Crippen molar-refractivity contribution in [2.24, 2.45) is 0 Å². The van der Waals surface area contributed by atoms with Gasteiger partial charge in [-0.25, -0.2) is 0 Å². The third-order valence-electron chi connectivity index (χ3n) is 5.26. The van der Waals surface area contributed by atoms with E-state index in [2.05, 4.69) is 60.2 Å². The zero-order valence-electron chi connectivity index (χ0n) is 18.3. The highest BCUT2D eigenvalue weighted by atomic mass is 32.2. The normalized spacial score (nSPS) is 11.1. The molecule has 6 heteroatoms. The Morgan fingerprint density at radius 2 is 1.81 bits per heavy atom. The molecular weight excluding hydrogens is 416 g/mol. The van der Waals surface area contributed by atoms with Crippen LogP contribution in [0, 0.1) is 0 Å². The molecule has 0 fully saturated rings. The number of anilines is 1. The Morgan fingerprint density at radius 3 is 2.56 bits per heavy atom. The number of nitrogens with zero attached hydrogens (tertiary/aromatic N) is 3. The van der Waals surface area contributed by atoms with E-state index in [0.29, 0.717) is 17.6 Å². The van der Waals surface area contributed by atoms with Crippen molar-refractivity contribution >= 4 is 34.1 Å². The number of carbonyl (C=O) groups excluding carboxylic acids is 1. The standard InChI is InChI=1S/C26H26N4OS/c1-4-16-30-25(21-14-12-19(13-15-21)18(2)3)28-29-26(30)32-17-24(31)27-23-11-7-9-20-8-5-6-10-22(20)23/h4-15,18H,1,16-17H2,2-3H3,(H,27,31). The highest BCUT2D eigenvalue weighted by molar-refractivity contribution is 7.99. The van der Waals surface area contributed by atoms with Crippen molar-refractivity contribution in [1.29, 1.82) is 0 Å². The molecule has 3 aromatic carbocycles.